The van der Waals surface area contributed by atoms with Crippen LogP contribution in [0.2, 0.25) is 0 Å². The van der Waals surface area contributed by atoms with Crippen LogP contribution in [0.25, 0.3) is 32.8 Å². The molecule has 0 aliphatic carbocycles. The number of aromatic amines is 2. The van der Waals surface area contributed by atoms with Crippen LogP contribution in [0.1, 0.15) is 102 Å². The molecule has 57 heavy (non-hydrogen) atoms. The first-order valence-electron chi connectivity index (χ1n) is 19.7. The average Bonchev–Trinajstić information content (AvgIpc) is 3.98. The van der Waals surface area contributed by atoms with Gasteiger partial charge in [-0.05, 0) is 93.2 Å². The van der Waals surface area contributed by atoms with E-state index in [-0.39, 0.29) is 47.8 Å². The van der Waals surface area contributed by atoms with Gasteiger partial charge in [0.25, 0.3) is 0 Å². The minimum Gasteiger partial charge on any atom is -0.465 e. The lowest BCUT2D eigenvalue weighted by Crippen LogP contribution is -2.52. The Morgan fingerprint density at radius 1 is 0.754 bits per heavy atom. The Hall–Kier alpha value is -6.10. The van der Waals surface area contributed by atoms with Crippen LogP contribution in [0.15, 0.2) is 48.5 Å². The quantitative estimate of drug-likeness (QED) is 0.107. The molecule has 2 aliphatic heterocycles. The van der Waals surface area contributed by atoms with Gasteiger partial charge in [0, 0.05) is 28.6 Å². The number of carboxylic acid groups (broad SMARTS) is 1. The number of benzene rings is 3. The van der Waals surface area contributed by atoms with Gasteiger partial charge in [-0.15, -0.1) is 0 Å². The number of nitrogens with zero attached hydrogens (tertiary/aromatic N) is 4. The fourth-order valence-electron chi connectivity index (χ4n) is 8.38. The smallest absolute Gasteiger partial charge is 0.407 e. The summed E-state index contributed by atoms with van der Waals surface area (Å²) in [5.74, 6) is 7.24. The number of amides is 4. The molecule has 0 unspecified atom stereocenters. The van der Waals surface area contributed by atoms with E-state index >= 15 is 0 Å². The largest absolute Gasteiger partial charge is 0.465 e. The third-order valence-corrected chi connectivity index (χ3v) is 11.4. The molecule has 3 aromatic carbocycles. The minimum absolute atomic E-state index is 0.0187. The first kappa shape index (κ1) is 39.1. The van der Waals surface area contributed by atoms with Gasteiger partial charge in [0.15, 0.2) is 0 Å². The van der Waals surface area contributed by atoms with Crippen molar-refractivity contribution < 1.29 is 29.0 Å². The second-order valence-corrected chi connectivity index (χ2v) is 16.0. The summed E-state index contributed by atoms with van der Waals surface area (Å²) in [5, 5.41) is 16.5. The lowest BCUT2D eigenvalue weighted by Gasteiger charge is -2.32. The predicted molar refractivity (Wildman–Crippen MR) is 216 cm³/mol. The topological polar surface area (TPSA) is 186 Å². The van der Waals surface area contributed by atoms with Crippen molar-refractivity contribution in [2.45, 2.75) is 103 Å². The molecule has 0 radical (unpaired) electrons. The monoisotopic (exact) mass is 774 g/mol. The maximum Gasteiger partial charge on any atom is 0.407 e. The van der Waals surface area contributed by atoms with Crippen molar-refractivity contribution in [1.29, 1.82) is 0 Å². The number of hydrogen-bond donors (Lipinski definition) is 5. The number of ether oxygens (including phenoxy) is 1. The third-order valence-electron chi connectivity index (χ3n) is 11.4. The molecule has 298 valence electrons. The summed E-state index contributed by atoms with van der Waals surface area (Å²) in [6.07, 6.45) is 1.22. The van der Waals surface area contributed by atoms with Crippen molar-refractivity contribution in [2.24, 2.45) is 11.8 Å². The molecule has 4 heterocycles. The third kappa shape index (κ3) is 7.70. The number of likely N-dealkylation sites (tertiary alicyclic amines) is 2. The second kappa shape index (κ2) is 15.8. The van der Waals surface area contributed by atoms with Gasteiger partial charge in [-0.1, -0.05) is 51.7 Å². The van der Waals surface area contributed by atoms with Gasteiger partial charge in [-0.25, -0.2) is 19.6 Å². The Morgan fingerprint density at radius 3 is 1.91 bits per heavy atom. The van der Waals surface area contributed by atoms with Crippen LogP contribution < -0.4 is 10.6 Å². The van der Waals surface area contributed by atoms with Crippen molar-refractivity contribution in [1.82, 2.24) is 40.4 Å². The predicted octanol–water partition coefficient (Wildman–Crippen LogP) is 6.77. The number of rotatable bonds is 8. The van der Waals surface area contributed by atoms with E-state index in [2.05, 4.69) is 32.4 Å². The number of aromatic nitrogens is 4. The first-order chi connectivity index (χ1) is 27.2. The maximum absolute atomic E-state index is 13.9. The van der Waals surface area contributed by atoms with Crippen molar-refractivity contribution in [2.75, 3.05) is 7.11 Å². The van der Waals surface area contributed by atoms with Gasteiger partial charge < -0.3 is 40.2 Å². The molecular weight excluding hydrogens is 725 g/mol. The Labute approximate surface area is 331 Å². The first-order valence-corrected chi connectivity index (χ1v) is 19.7. The van der Waals surface area contributed by atoms with Crippen LogP contribution in [0.3, 0.4) is 0 Å². The Kier molecular flexibility index (Phi) is 10.9. The lowest BCUT2D eigenvalue weighted by molar-refractivity contribution is -0.138. The van der Waals surface area contributed by atoms with Crippen LogP contribution in [-0.4, -0.2) is 90.1 Å². The van der Waals surface area contributed by atoms with E-state index in [1.54, 1.807) is 4.90 Å². The summed E-state index contributed by atoms with van der Waals surface area (Å²) in [4.78, 5) is 71.4. The zero-order valence-corrected chi connectivity index (χ0v) is 33.3. The van der Waals surface area contributed by atoms with Crippen molar-refractivity contribution in [3.8, 4) is 11.8 Å². The van der Waals surface area contributed by atoms with Gasteiger partial charge in [0.2, 0.25) is 11.8 Å². The summed E-state index contributed by atoms with van der Waals surface area (Å²) in [5.41, 5.74) is 4.90. The lowest BCUT2D eigenvalue weighted by atomic mass is 10.0. The molecule has 2 saturated heterocycles. The number of imidazole rings is 2. The number of carbonyl (C=O) groups is 4. The molecule has 2 fully saturated rings. The van der Waals surface area contributed by atoms with Crippen molar-refractivity contribution in [3.05, 3.63) is 71.3 Å². The molecule has 0 spiro atoms. The highest BCUT2D eigenvalue weighted by atomic mass is 16.5. The van der Waals surface area contributed by atoms with E-state index < -0.39 is 24.3 Å². The van der Waals surface area contributed by atoms with Gasteiger partial charge in [0.05, 0.1) is 41.3 Å². The molecule has 0 bridgehead atoms. The number of hydrogen-bond acceptors (Lipinski definition) is 7. The van der Waals surface area contributed by atoms with E-state index in [4.69, 9.17) is 14.7 Å². The number of alkyl carbamates (subject to hydrolysis) is 1. The zero-order chi connectivity index (χ0) is 40.7. The SMILES string of the molecule is COC(=O)N[C@H](C(=O)N1[C@@H](C)CC[C@H]1c1nc2c(ccc3cc(C#Cc4ccc5nc([C@@H]6CC[C@H](C)N6C(=O)[C@@H](NC(=O)O)C(C)C)[nH]c5c4)ccc32)[nH]1)C(C)C. The molecular formula is C43H50N8O6. The summed E-state index contributed by atoms with van der Waals surface area (Å²) in [6, 6.07) is 13.7. The molecule has 2 aliphatic rings. The maximum atomic E-state index is 13.9. The Bertz CT molecular complexity index is 2420. The van der Waals surface area contributed by atoms with Gasteiger partial charge in [-0.3, -0.25) is 9.59 Å². The van der Waals surface area contributed by atoms with E-state index in [9.17, 15) is 24.3 Å². The van der Waals surface area contributed by atoms with Crippen molar-refractivity contribution >= 4 is 56.8 Å². The van der Waals surface area contributed by atoms with E-state index in [0.717, 1.165) is 69.6 Å². The van der Waals surface area contributed by atoms with Crippen LogP contribution in [0.4, 0.5) is 9.59 Å². The zero-order valence-electron chi connectivity index (χ0n) is 33.3. The van der Waals surface area contributed by atoms with Crippen LogP contribution in [0.5, 0.6) is 0 Å². The number of nitrogens with one attached hydrogen (secondary N) is 4. The van der Waals surface area contributed by atoms with Crippen LogP contribution >= 0.6 is 0 Å². The second-order valence-electron chi connectivity index (χ2n) is 16.0. The summed E-state index contributed by atoms with van der Waals surface area (Å²) in [7, 11) is 1.29. The van der Waals surface area contributed by atoms with E-state index in [0.29, 0.717) is 11.6 Å². The van der Waals surface area contributed by atoms with E-state index in [1.807, 2.05) is 95.0 Å². The molecule has 14 nitrogen and oxygen atoms in total. The number of methoxy groups -OCH3 is 1. The molecule has 4 amide bonds. The minimum atomic E-state index is -1.22. The normalized spacial score (nSPS) is 20.6. The average molecular weight is 775 g/mol. The summed E-state index contributed by atoms with van der Waals surface area (Å²) >= 11 is 0. The molecule has 0 saturated carbocycles. The highest BCUT2D eigenvalue weighted by Gasteiger charge is 2.42. The van der Waals surface area contributed by atoms with E-state index in [1.165, 1.54) is 7.11 Å². The molecule has 6 atom stereocenters. The van der Waals surface area contributed by atoms with Gasteiger partial charge in [-0.2, -0.15) is 0 Å². The molecule has 14 heteroatoms. The Morgan fingerprint density at radius 2 is 1.32 bits per heavy atom. The molecule has 5 aromatic rings. The highest BCUT2D eigenvalue weighted by Crippen LogP contribution is 2.38. The molecule has 5 N–H and O–H groups in total. The number of H-pyrrole nitrogens is 2. The Balaban J connectivity index is 1.11. The van der Waals surface area contributed by atoms with Gasteiger partial charge in [0.1, 0.15) is 23.7 Å². The summed E-state index contributed by atoms with van der Waals surface area (Å²) < 4.78 is 4.80. The van der Waals surface area contributed by atoms with Crippen LogP contribution in [-0.2, 0) is 14.3 Å². The molecule has 7 rings (SSSR count). The van der Waals surface area contributed by atoms with Crippen LogP contribution in [0, 0.1) is 23.7 Å². The number of fused-ring (bicyclic) bond motifs is 4. The fourth-order valence-corrected chi connectivity index (χ4v) is 8.38. The number of carbonyl (C=O) groups excluding carboxylic acids is 3. The van der Waals surface area contributed by atoms with Gasteiger partial charge >= 0.3 is 12.2 Å². The highest BCUT2D eigenvalue weighted by molar-refractivity contribution is 6.04. The summed E-state index contributed by atoms with van der Waals surface area (Å²) in [6.45, 7) is 11.5. The standard InChI is InChI=1S/C43H50N8O6/c1-22(2)35(48-42(54)55)40(52)50-24(5)8-18-33(50)38-44-30-16-13-27(21-32(30)46-38)11-10-26-12-15-29-28(20-26)14-17-31-37(29)47-39(45-31)34-19-9-25(6)51(34)41(53)36(23(3)4)49-43(56)57-7/h12-17,20-25,33-36,48H,8-9,18-19H2,1-7H3,(H,44,46)(H,45,47)(H,49,56)(H,54,55)/t24-,25-,33-,34-,35-,36-/m0/s1. The fraction of sp³-hybridized carbons (Fsp3) is 0.442. The van der Waals surface area contributed by atoms with Crippen molar-refractivity contribution in [3.63, 3.8) is 0 Å². The molecule has 2 aromatic heterocycles.